The first kappa shape index (κ1) is 10.3. The third-order valence-electron chi connectivity index (χ3n) is 3.98. The Morgan fingerprint density at radius 1 is 1.25 bits per heavy atom. The van der Waals surface area contributed by atoms with Gasteiger partial charge in [0.05, 0.1) is 0 Å². The summed E-state index contributed by atoms with van der Waals surface area (Å²) in [4.78, 5) is 2.65. The van der Waals surface area contributed by atoms with Crippen molar-refractivity contribution in [2.24, 2.45) is 0 Å². The first-order valence-electron chi connectivity index (χ1n) is 6.39. The summed E-state index contributed by atoms with van der Waals surface area (Å²) in [6, 6.07) is 7.33. The molecule has 0 aromatic heterocycles. The molecule has 2 nitrogen and oxygen atoms in total. The highest BCUT2D eigenvalue weighted by Gasteiger charge is 2.28. The molecule has 0 saturated carbocycles. The SMILES string of the molecule is Cc1cccc2c1[C@@H](N1CCCC1)CNC2. The third-order valence-corrected chi connectivity index (χ3v) is 3.98. The number of hydrogen-bond acceptors (Lipinski definition) is 2. The lowest BCUT2D eigenvalue weighted by Crippen LogP contribution is -2.38. The molecule has 1 saturated heterocycles. The highest BCUT2D eigenvalue weighted by Crippen LogP contribution is 2.31. The molecule has 2 heteroatoms. The molecule has 0 radical (unpaired) electrons. The molecule has 2 aliphatic rings. The monoisotopic (exact) mass is 216 g/mol. The lowest BCUT2D eigenvalue weighted by Gasteiger charge is -2.34. The number of nitrogens with one attached hydrogen (secondary N) is 1. The van der Waals surface area contributed by atoms with Crippen molar-refractivity contribution in [1.29, 1.82) is 0 Å². The number of fused-ring (bicyclic) bond motifs is 1. The molecule has 1 N–H and O–H groups in total. The van der Waals surface area contributed by atoms with Crippen molar-refractivity contribution in [3.63, 3.8) is 0 Å². The normalized spacial score (nSPS) is 25.7. The van der Waals surface area contributed by atoms with E-state index in [9.17, 15) is 0 Å². The second-order valence-electron chi connectivity index (χ2n) is 5.04. The molecule has 0 amide bonds. The molecule has 1 aromatic rings. The average molecular weight is 216 g/mol. The standard InChI is InChI=1S/C14H20N2/c1-11-5-4-6-12-9-15-10-13(14(11)12)16-7-2-3-8-16/h4-6,13,15H,2-3,7-10H2,1H3/t13-/m0/s1. The van der Waals surface area contributed by atoms with E-state index in [4.69, 9.17) is 0 Å². The van der Waals surface area contributed by atoms with Gasteiger partial charge in [-0.2, -0.15) is 0 Å². The maximum Gasteiger partial charge on any atom is 0.0478 e. The van der Waals surface area contributed by atoms with Gasteiger partial charge in [-0.15, -0.1) is 0 Å². The number of hydrogen-bond donors (Lipinski definition) is 1. The number of aryl methyl sites for hydroxylation is 1. The van der Waals surface area contributed by atoms with Crippen LogP contribution in [0, 0.1) is 6.92 Å². The molecule has 1 fully saturated rings. The van der Waals surface area contributed by atoms with Crippen LogP contribution in [0.1, 0.15) is 35.6 Å². The van der Waals surface area contributed by atoms with Crippen molar-refractivity contribution >= 4 is 0 Å². The van der Waals surface area contributed by atoms with Gasteiger partial charge in [0.1, 0.15) is 0 Å². The summed E-state index contributed by atoms with van der Waals surface area (Å²) in [5, 5.41) is 3.55. The zero-order chi connectivity index (χ0) is 11.0. The van der Waals surface area contributed by atoms with Gasteiger partial charge < -0.3 is 5.32 Å². The van der Waals surface area contributed by atoms with E-state index >= 15 is 0 Å². The Balaban J connectivity index is 1.98. The van der Waals surface area contributed by atoms with Crippen molar-refractivity contribution in [3.8, 4) is 0 Å². The molecule has 1 aromatic carbocycles. The van der Waals surface area contributed by atoms with Gasteiger partial charge in [0.15, 0.2) is 0 Å². The minimum Gasteiger partial charge on any atom is -0.311 e. The van der Waals surface area contributed by atoms with E-state index in [1.807, 2.05) is 0 Å². The van der Waals surface area contributed by atoms with Gasteiger partial charge in [-0.05, 0) is 49.5 Å². The van der Waals surface area contributed by atoms with E-state index in [0.717, 1.165) is 13.1 Å². The molecular weight excluding hydrogens is 196 g/mol. The van der Waals surface area contributed by atoms with E-state index in [0.29, 0.717) is 6.04 Å². The van der Waals surface area contributed by atoms with Gasteiger partial charge in [0, 0.05) is 19.1 Å². The van der Waals surface area contributed by atoms with E-state index in [2.05, 4.69) is 35.3 Å². The largest absolute Gasteiger partial charge is 0.311 e. The van der Waals surface area contributed by atoms with Crippen LogP contribution in [0.4, 0.5) is 0 Å². The Morgan fingerprint density at radius 3 is 2.88 bits per heavy atom. The van der Waals surface area contributed by atoms with E-state index in [-0.39, 0.29) is 0 Å². The van der Waals surface area contributed by atoms with E-state index in [1.54, 1.807) is 5.56 Å². The van der Waals surface area contributed by atoms with E-state index in [1.165, 1.54) is 37.1 Å². The molecule has 0 bridgehead atoms. The average Bonchev–Trinajstić information content (AvgIpc) is 2.82. The summed E-state index contributed by atoms with van der Waals surface area (Å²) < 4.78 is 0. The van der Waals surface area contributed by atoms with Crippen molar-refractivity contribution in [2.75, 3.05) is 19.6 Å². The lowest BCUT2D eigenvalue weighted by molar-refractivity contribution is 0.228. The number of benzene rings is 1. The van der Waals surface area contributed by atoms with Crippen molar-refractivity contribution in [2.45, 2.75) is 32.4 Å². The minimum absolute atomic E-state index is 0.618. The first-order valence-corrected chi connectivity index (χ1v) is 6.39. The molecule has 2 heterocycles. The lowest BCUT2D eigenvalue weighted by atomic mass is 9.91. The summed E-state index contributed by atoms with van der Waals surface area (Å²) in [5.74, 6) is 0. The van der Waals surface area contributed by atoms with Crippen LogP contribution < -0.4 is 5.32 Å². The van der Waals surface area contributed by atoms with Crippen LogP contribution in [0.25, 0.3) is 0 Å². The van der Waals surface area contributed by atoms with Crippen LogP contribution >= 0.6 is 0 Å². The Morgan fingerprint density at radius 2 is 2.06 bits per heavy atom. The van der Waals surface area contributed by atoms with Crippen LogP contribution in [0.15, 0.2) is 18.2 Å². The fourth-order valence-corrected chi connectivity index (χ4v) is 3.18. The fraction of sp³-hybridized carbons (Fsp3) is 0.571. The van der Waals surface area contributed by atoms with E-state index < -0.39 is 0 Å². The van der Waals surface area contributed by atoms with Gasteiger partial charge in [0.25, 0.3) is 0 Å². The fourth-order valence-electron chi connectivity index (χ4n) is 3.18. The number of likely N-dealkylation sites (tertiary alicyclic amines) is 1. The van der Waals surface area contributed by atoms with Gasteiger partial charge in [-0.1, -0.05) is 18.2 Å². The molecule has 16 heavy (non-hydrogen) atoms. The maximum atomic E-state index is 3.55. The second kappa shape index (κ2) is 4.19. The van der Waals surface area contributed by atoms with Crippen LogP contribution in [0.5, 0.6) is 0 Å². The minimum atomic E-state index is 0.618. The Bertz CT molecular complexity index is 380. The number of rotatable bonds is 1. The molecule has 86 valence electrons. The second-order valence-corrected chi connectivity index (χ2v) is 5.04. The molecule has 0 unspecified atom stereocenters. The smallest absolute Gasteiger partial charge is 0.0478 e. The first-order chi connectivity index (χ1) is 7.86. The predicted octanol–water partition coefficient (Wildman–Crippen LogP) is 2.24. The van der Waals surface area contributed by atoms with Gasteiger partial charge in [-0.25, -0.2) is 0 Å². The predicted molar refractivity (Wildman–Crippen MR) is 66.4 cm³/mol. The highest BCUT2D eigenvalue weighted by molar-refractivity contribution is 5.39. The summed E-state index contributed by atoms with van der Waals surface area (Å²) in [6.07, 6.45) is 2.75. The topological polar surface area (TPSA) is 15.3 Å². The highest BCUT2D eigenvalue weighted by atomic mass is 15.2. The molecule has 1 atom stereocenters. The summed E-state index contributed by atoms with van der Waals surface area (Å²) in [7, 11) is 0. The van der Waals surface area contributed by atoms with Gasteiger partial charge in [0.2, 0.25) is 0 Å². The summed E-state index contributed by atoms with van der Waals surface area (Å²) >= 11 is 0. The van der Waals surface area contributed by atoms with Crippen LogP contribution in [0.3, 0.4) is 0 Å². The van der Waals surface area contributed by atoms with Crippen LogP contribution in [-0.2, 0) is 6.54 Å². The maximum absolute atomic E-state index is 3.55. The summed E-state index contributed by atoms with van der Waals surface area (Å²) in [5.41, 5.74) is 4.57. The zero-order valence-electron chi connectivity index (χ0n) is 10.00. The summed E-state index contributed by atoms with van der Waals surface area (Å²) in [6.45, 7) is 6.98. The van der Waals surface area contributed by atoms with Gasteiger partial charge >= 0.3 is 0 Å². The van der Waals surface area contributed by atoms with Crippen LogP contribution in [-0.4, -0.2) is 24.5 Å². The zero-order valence-corrected chi connectivity index (χ0v) is 10.00. The molecular formula is C14H20N2. The van der Waals surface area contributed by atoms with Gasteiger partial charge in [-0.3, -0.25) is 4.90 Å². The van der Waals surface area contributed by atoms with Crippen LogP contribution in [0.2, 0.25) is 0 Å². The molecule has 0 spiro atoms. The third kappa shape index (κ3) is 1.66. The quantitative estimate of drug-likeness (QED) is 0.774. The molecule has 0 aliphatic carbocycles. The van der Waals surface area contributed by atoms with Crippen molar-refractivity contribution in [3.05, 3.63) is 34.9 Å². The van der Waals surface area contributed by atoms with Crippen molar-refractivity contribution in [1.82, 2.24) is 10.2 Å². The Kier molecular flexibility index (Phi) is 2.70. The number of nitrogens with zero attached hydrogens (tertiary/aromatic N) is 1. The Hall–Kier alpha value is -0.860. The Labute approximate surface area is 97.6 Å². The molecule has 3 rings (SSSR count). The van der Waals surface area contributed by atoms with Crippen molar-refractivity contribution < 1.29 is 0 Å². The molecule has 2 aliphatic heterocycles.